The molecule has 0 atom stereocenters. The van der Waals surface area contributed by atoms with E-state index in [1.165, 1.54) is 12.1 Å². The smallest absolute Gasteiger partial charge is 0.252 e. The van der Waals surface area contributed by atoms with E-state index in [1.54, 1.807) is 12.3 Å². The predicted octanol–water partition coefficient (Wildman–Crippen LogP) is 2.11. The zero-order valence-corrected chi connectivity index (χ0v) is 19.4. The van der Waals surface area contributed by atoms with Crippen molar-refractivity contribution in [2.75, 3.05) is 49.5 Å². The number of likely N-dealkylation sites (N-methyl/N-ethyl adjacent to an activating group) is 1. The third-order valence-electron chi connectivity index (χ3n) is 5.46. The quantitative estimate of drug-likeness (QED) is 0.569. The predicted molar refractivity (Wildman–Crippen MR) is 129 cm³/mol. The molecule has 170 valence electrons. The second kappa shape index (κ2) is 9.25. The normalized spacial score (nSPS) is 16.6. The summed E-state index contributed by atoms with van der Waals surface area (Å²) < 4.78 is 13.3. The number of anilines is 2. The van der Waals surface area contributed by atoms with Gasteiger partial charge in [0.2, 0.25) is 0 Å². The third-order valence-corrected chi connectivity index (χ3v) is 6.06. The molecule has 9 nitrogen and oxygen atoms in total. The number of piperazine rings is 1. The van der Waals surface area contributed by atoms with Crippen molar-refractivity contribution in [3.63, 3.8) is 0 Å². The van der Waals surface area contributed by atoms with E-state index in [2.05, 4.69) is 36.3 Å². The highest BCUT2D eigenvalue weighted by molar-refractivity contribution is 7.99. The Morgan fingerprint density at radius 1 is 1.28 bits per heavy atom. The average Bonchev–Trinajstić information content (AvgIpc) is 2.78. The van der Waals surface area contributed by atoms with Crippen molar-refractivity contribution in [1.82, 2.24) is 15.2 Å². The number of nitrogens with one attached hydrogen (secondary N) is 2. The minimum Gasteiger partial charge on any atom is -0.490 e. The molecule has 0 bridgehead atoms. The first-order valence-corrected chi connectivity index (χ1v) is 11.3. The van der Waals surface area contributed by atoms with Crippen molar-refractivity contribution in [1.29, 1.82) is 0 Å². The Kier molecular flexibility index (Phi) is 6.43. The Morgan fingerprint density at radius 2 is 2.06 bits per heavy atom. The number of carbonyl (C=O) groups excluding carboxylic acids is 1. The lowest BCUT2D eigenvalue weighted by Gasteiger charge is -2.33. The number of amides is 1. The molecule has 4 rings (SSSR count). The van der Waals surface area contributed by atoms with Crippen LogP contribution in [0, 0.1) is 0 Å². The van der Waals surface area contributed by atoms with E-state index in [9.17, 15) is 4.79 Å². The van der Waals surface area contributed by atoms with Crippen LogP contribution >= 0.6 is 12.1 Å². The van der Waals surface area contributed by atoms with Gasteiger partial charge >= 0.3 is 0 Å². The summed E-state index contributed by atoms with van der Waals surface area (Å²) in [6.07, 6.45) is 1.69. The number of nitrogens with zero attached hydrogens (tertiary/aromatic N) is 4. The largest absolute Gasteiger partial charge is 0.490 e. The molecule has 0 spiro atoms. The molecule has 2 aliphatic heterocycles. The van der Waals surface area contributed by atoms with Gasteiger partial charge in [-0.15, -0.1) is 0 Å². The lowest BCUT2D eigenvalue weighted by atomic mass is 10.1. The van der Waals surface area contributed by atoms with Crippen LogP contribution in [-0.2, 0) is 0 Å². The minimum absolute atomic E-state index is 0.161. The van der Waals surface area contributed by atoms with E-state index >= 15 is 0 Å². The summed E-state index contributed by atoms with van der Waals surface area (Å²) in [6.45, 7) is 7.88. The monoisotopic (exact) mass is 455 g/mol. The van der Waals surface area contributed by atoms with Gasteiger partial charge in [-0.25, -0.2) is 4.98 Å². The maximum atomic E-state index is 13.0. The van der Waals surface area contributed by atoms with Crippen LogP contribution in [0.1, 0.15) is 29.8 Å². The van der Waals surface area contributed by atoms with E-state index in [1.807, 2.05) is 38.1 Å². The lowest BCUT2D eigenvalue weighted by molar-refractivity contribution is 0.0880. The molecule has 1 amide bonds. The SMILES string of the molecule is CN1CCN(c2cc(C(=O)NC(C)(C)COc3cccc4c3C(N)=NSN4)ccn2)CC1. The first-order chi connectivity index (χ1) is 15.3. The number of fused-ring (bicyclic) bond motifs is 1. The van der Waals surface area contributed by atoms with Crippen LogP contribution in [0.25, 0.3) is 0 Å². The minimum atomic E-state index is -0.611. The van der Waals surface area contributed by atoms with E-state index < -0.39 is 5.54 Å². The number of aromatic nitrogens is 1. The van der Waals surface area contributed by atoms with E-state index in [-0.39, 0.29) is 12.5 Å². The molecule has 1 aromatic carbocycles. The summed E-state index contributed by atoms with van der Waals surface area (Å²) in [6, 6.07) is 9.25. The van der Waals surface area contributed by atoms with Crippen LogP contribution in [-0.4, -0.2) is 67.0 Å². The Labute approximate surface area is 192 Å². The maximum absolute atomic E-state index is 13.0. The molecule has 32 heavy (non-hydrogen) atoms. The molecular formula is C22H29N7O2S. The van der Waals surface area contributed by atoms with Crippen molar-refractivity contribution in [2.24, 2.45) is 10.1 Å². The second-order valence-electron chi connectivity index (χ2n) is 8.67. The highest BCUT2D eigenvalue weighted by atomic mass is 32.2. The molecule has 0 saturated carbocycles. The summed E-state index contributed by atoms with van der Waals surface area (Å²) in [5, 5.41) is 3.07. The van der Waals surface area contributed by atoms with Gasteiger partial charge in [0.25, 0.3) is 5.91 Å². The number of rotatable bonds is 6. The Balaban J connectivity index is 1.41. The Morgan fingerprint density at radius 3 is 2.84 bits per heavy atom. The second-order valence-corrected chi connectivity index (χ2v) is 9.24. The summed E-state index contributed by atoms with van der Waals surface area (Å²) in [5.74, 6) is 1.70. The number of ether oxygens (including phenoxy) is 1. The molecule has 0 unspecified atom stereocenters. The van der Waals surface area contributed by atoms with Gasteiger partial charge < -0.3 is 30.3 Å². The van der Waals surface area contributed by atoms with Crippen molar-refractivity contribution in [3.8, 4) is 5.75 Å². The van der Waals surface area contributed by atoms with E-state index in [4.69, 9.17) is 10.5 Å². The first kappa shape index (κ1) is 22.2. The molecule has 1 fully saturated rings. The Hall–Kier alpha value is -2.98. The van der Waals surface area contributed by atoms with Gasteiger partial charge in [0, 0.05) is 37.9 Å². The van der Waals surface area contributed by atoms with Crippen LogP contribution in [0.3, 0.4) is 0 Å². The number of amidine groups is 1. The zero-order chi connectivity index (χ0) is 22.7. The molecule has 10 heteroatoms. The number of hydrogen-bond acceptors (Lipinski definition) is 9. The molecule has 1 saturated heterocycles. The number of nitrogens with two attached hydrogens (primary N) is 1. The summed E-state index contributed by atoms with van der Waals surface area (Å²) >= 11 is 1.18. The van der Waals surface area contributed by atoms with Gasteiger partial charge in [0.15, 0.2) is 0 Å². The van der Waals surface area contributed by atoms with Gasteiger partial charge in [0.1, 0.15) is 24.0 Å². The highest BCUT2D eigenvalue weighted by Crippen LogP contribution is 2.32. The van der Waals surface area contributed by atoms with Gasteiger partial charge in [-0.05, 0) is 45.2 Å². The molecule has 0 aliphatic carbocycles. The van der Waals surface area contributed by atoms with Crippen LogP contribution in [0.15, 0.2) is 40.9 Å². The van der Waals surface area contributed by atoms with Crippen LogP contribution < -0.4 is 25.4 Å². The fourth-order valence-corrected chi connectivity index (χ4v) is 4.11. The molecule has 4 N–H and O–H groups in total. The third kappa shape index (κ3) is 5.08. The fraction of sp³-hybridized carbons (Fsp3) is 0.409. The number of pyridine rings is 1. The summed E-state index contributed by atoms with van der Waals surface area (Å²) in [7, 11) is 2.11. The van der Waals surface area contributed by atoms with Crippen LogP contribution in [0.5, 0.6) is 5.75 Å². The van der Waals surface area contributed by atoms with Gasteiger partial charge in [0.05, 0.1) is 28.9 Å². The maximum Gasteiger partial charge on any atom is 0.252 e. The van der Waals surface area contributed by atoms with Gasteiger partial charge in [-0.3, -0.25) is 4.79 Å². The summed E-state index contributed by atoms with van der Waals surface area (Å²) in [4.78, 5) is 21.9. The molecular weight excluding hydrogens is 426 g/mol. The van der Waals surface area contributed by atoms with Crippen LogP contribution in [0.2, 0.25) is 0 Å². The highest BCUT2D eigenvalue weighted by Gasteiger charge is 2.25. The standard InChI is InChI=1S/C22H29N7O2S/c1-22(2,14-31-17-6-4-5-16-19(17)20(23)27-32-26-16)25-21(30)15-7-8-24-18(13-15)29-11-9-28(3)10-12-29/h4-8,13,26H,9-12,14H2,1-3H3,(H2,23,27)(H,25,30). The van der Waals surface area contributed by atoms with Crippen LogP contribution in [0.4, 0.5) is 11.5 Å². The average molecular weight is 456 g/mol. The number of benzene rings is 1. The van der Waals surface area contributed by atoms with E-state index in [0.717, 1.165) is 43.2 Å². The van der Waals surface area contributed by atoms with E-state index in [0.29, 0.717) is 17.1 Å². The number of carbonyl (C=O) groups is 1. The van der Waals surface area contributed by atoms with Crippen molar-refractivity contribution in [2.45, 2.75) is 19.4 Å². The van der Waals surface area contributed by atoms with Crippen molar-refractivity contribution in [3.05, 3.63) is 47.7 Å². The van der Waals surface area contributed by atoms with Crippen molar-refractivity contribution < 1.29 is 9.53 Å². The molecule has 0 radical (unpaired) electrons. The topological polar surface area (TPSA) is 108 Å². The number of hydrogen-bond donors (Lipinski definition) is 3. The Bertz CT molecular complexity index is 1020. The molecule has 3 heterocycles. The first-order valence-electron chi connectivity index (χ1n) is 10.6. The molecule has 2 aromatic rings. The van der Waals surface area contributed by atoms with Crippen molar-refractivity contribution >= 4 is 35.4 Å². The molecule has 1 aromatic heterocycles. The molecule has 2 aliphatic rings. The lowest BCUT2D eigenvalue weighted by Crippen LogP contribution is -2.48. The van der Waals surface area contributed by atoms with Gasteiger partial charge in [-0.1, -0.05) is 6.07 Å². The fourth-order valence-electron chi connectivity index (χ4n) is 3.61. The summed E-state index contributed by atoms with van der Waals surface area (Å²) in [5.41, 5.74) is 7.61. The zero-order valence-electron chi connectivity index (χ0n) is 18.6. The van der Waals surface area contributed by atoms with Gasteiger partial charge in [-0.2, -0.15) is 4.40 Å².